The maximum Gasteiger partial charge on any atom is 0.272 e. The molecule has 1 N–H and O–H groups in total. The van der Waals surface area contributed by atoms with Crippen molar-refractivity contribution >= 4 is 17.4 Å². The number of hydrogen-bond acceptors (Lipinski definition) is 6. The van der Waals surface area contributed by atoms with Crippen molar-refractivity contribution in [1.82, 2.24) is 14.9 Å². The van der Waals surface area contributed by atoms with E-state index >= 15 is 0 Å². The smallest absolute Gasteiger partial charge is 0.272 e. The molecule has 7 heteroatoms. The second kappa shape index (κ2) is 7.42. The molecule has 1 unspecified atom stereocenters. The molecule has 0 saturated carbocycles. The Morgan fingerprint density at radius 2 is 2.00 bits per heavy atom. The average Bonchev–Trinajstić information content (AvgIpc) is 2.67. The lowest BCUT2D eigenvalue weighted by Gasteiger charge is -2.30. The van der Waals surface area contributed by atoms with Crippen LogP contribution in [0.5, 0.6) is 11.5 Å². The molecule has 0 spiro atoms. The van der Waals surface area contributed by atoms with Crippen LogP contribution < -0.4 is 14.8 Å². The van der Waals surface area contributed by atoms with Gasteiger partial charge in [-0.3, -0.25) is 4.79 Å². The van der Waals surface area contributed by atoms with Gasteiger partial charge in [-0.2, -0.15) is 0 Å². The van der Waals surface area contributed by atoms with Crippen LogP contribution in [0.25, 0.3) is 0 Å². The number of carbonyl (C=O) groups is 1. The van der Waals surface area contributed by atoms with Gasteiger partial charge in [-0.15, -0.1) is 0 Å². The minimum atomic E-state index is -0.0303. The topological polar surface area (TPSA) is 76.6 Å². The van der Waals surface area contributed by atoms with E-state index in [1.54, 1.807) is 13.0 Å². The SMILES string of the molecule is Cc1nc(Nc2ccc3c(c2)OCCO3)cc(C(=O)N2CCCC(C)C2)n1. The minimum absolute atomic E-state index is 0.0303. The molecule has 0 bridgehead atoms. The third-order valence-electron chi connectivity index (χ3n) is 4.82. The number of ether oxygens (including phenoxy) is 2. The molecule has 7 nitrogen and oxygen atoms in total. The molecule has 0 radical (unpaired) electrons. The van der Waals surface area contributed by atoms with Crippen LogP contribution in [0.1, 0.15) is 36.1 Å². The van der Waals surface area contributed by atoms with Crippen molar-refractivity contribution in [1.29, 1.82) is 0 Å². The van der Waals surface area contributed by atoms with Gasteiger partial charge in [0.25, 0.3) is 5.91 Å². The van der Waals surface area contributed by atoms with E-state index in [2.05, 4.69) is 22.2 Å². The van der Waals surface area contributed by atoms with Gasteiger partial charge in [-0.25, -0.2) is 9.97 Å². The fourth-order valence-corrected chi connectivity index (χ4v) is 3.55. The van der Waals surface area contributed by atoms with Crippen molar-refractivity contribution in [3.63, 3.8) is 0 Å². The molecule has 1 amide bonds. The highest BCUT2D eigenvalue weighted by Crippen LogP contribution is 2.33. The zero-order chi connectivity index (χ0) is 18.8. The first kappa shape index (κ1) is 17.6. The van der Waals surface area contributed by atoms with Gasteiger partial charge in [0.15, 0.2) is 11.5 Å². The second-order valence-electron chi connectivity index (χ2n) is 7.17. The molecular weight excluding hydrogens is 344 g/mol. The van der Waals surface area contributed by atoms with E-state index in [1.165, 1.54) is 6.42 Å². The summed E-state index contributed by atoms with van der Waals surface area (Å²) in [4.78, 5) is 23.5. The number of piperidine rings is 1. The molecule has 1 atom stereocenters. The number of carbonyl (C=O) groups excluding carboxylic acids is 1. The number of aromatic nitrogens is 2. The third kappa shape index (κ3) is 3.97. The van der Waals surface area contributed by atoms with Crippen molar-refractivity contribution in [2.75, 3.05) is 31.6 Å². The van der Waals surface area contributed by atoms with E-state index in [0.717, 1.165) is 30.9 Å². The number of likely N-dealkylation sites (tertiary alicyclic amines) is 1. The molecule has 3 heterocycles. The van der Waals surface area contributed by atoms with Gasteiger partial charge in [0, 0.05) is 30.9 Å². The number of benzene rings is 1. The number of nitrogens with one attached hydrogen (secondary N) is 1. The van der Waals surface area contributed by atoms with Crippen molar-refractivity contribution in [3.05, 3.63) is 35.8 Å². The molecule has 2 aliphatic heterocycles. The number of aryl methyl sites for hydroxylation is 1. The fourth-order valence-electron chi connectivity index (χ4n) is 3.55. The van der Waals surface area contributed by atoms with Crippen molar-refractivity contribution in [2.45, 2.75) is 26.7 Å². The van der Waals surface area contributed by atoms with Crippen LogP contribution in [0.3, 0.4) is 0 Å². The Morgan fingerprint density at radius 1 is 1.19 bits per heavy atom. The minimum Gasteiger partial charge on any atom is -0.486 e. The largest absolute Gasteiger partial charge is 0.486 e. The summed E-state index contributed by atoms with van der Waals surface area (Å²) in [6, 6.07) is 7.36. The quantitative estimate of drug-likeness (QED) is 0.897. The third-order valence-corrected chi connectivity index (χ3v) is 4.82. The van der Waals surface area contributed by atoms with Crippen molar-refractivity contribution in [2.24, 2.45) is 5.92 Å². The second-order valence-corrected chi connectivity index (χ2v) is 7.17. The van der Waals surface area contributed by atoms with Crippen molar-refractivity contribution in [3.8, 4) is 11.5 Å². The Labute approximate surface area is 158 Å². The number of amides is 1. The van der Waals surface area contributed by atoms with E-state index in [1.807, 2.05) is 23.1 Å². The number of hydrogen-bond donors (Lipinski definition) is 1. The standard InChI is InChI=1S/C20H24N4O3/c1-13-4-3-7-24(12-13)20(25)16-11-19(22-14(2)21-16)23-15-5-6-17-18(10-15)27-9-8-26-17/h5-6,10-11,13H,3-4,7-9,12H2,1-2H3,(H,21,22,23). The summed E-state index contributed by atoms with van der Waals surface area (Å²) in [5.74, 6) is 3.09. The predicted molar refractivity (Wildman–Crippen MR) is 102 cm³/mol. The molecule has 1 aromatic heterocycles. The Balaban J connectivity index is 1.54. The van der Waals surface area contributed by atoms with Gasteiger partial charge in [-0.1, -0.05) is 6.92 Å². The molecule has 1 saturated heterocycles. The lowest BCUT2D eigenvalue weighted by molar-refractivity contribution is 0.0676. The zero-order valence-electron chi connectivity index (χ0n) is 15.7. The summed E-state index contributed by atoms with van der Waals surface area (Å²) in [6.07, 6.45) is 2.21. The van der Waals surface area contributed by atoms with Gasteiger partial charge >= 0.3 is 0 Å². The average molecular weight is 368 g/mol. The van der Waals surface area contributed by atoms with Gasteiger partial charge in [-0.05, 0) is 37.8 Å². The summed E-state index contributed by atoms with van der Waals surface area (Å²) in [7, 11) is 0. The molecule has 2 aliphatic rings. The van der Waals surface area contributed by atoms with E-state index in [-0.39, 0.29) is 5.91 Å². The first-order valence-corrected chi connectivity index (χ1v) is 9.40. The molecule has 27 heavy (non-hydrogen) atoms. The van der Waals surface area contributed by atoms with Crippen LogP contribution >= 0.6 is 0 Å². The van der Waals surface area contributed by atoms with Gasteiger partial charge in [0.2, 0.25) is 0 Å². The summed E-state index contributed by atoms with van der Waals surface area (Å²) in [5.41, 5.74) is 1.25. The monoisotopic (exact) mass is 368 g/mol. The number of nitrogens with zero attached hydrogens (tertiary/aromatic N) is 3. The van der Waals surface area contributed by atoms with E-state index < -0.39 is 0 Å². The first-order chi connectivity index (χ1) is 13.1. The van der Waals surface area contributed by atoms with Crippen LogP contribution in [-0.2, 0) is 0 Å². The van der Waals surface area contributed by atoms with Crippen LogP contribution in [0.4, 0.5) is 11.5 Å². The number of rotatable bonds is 3. The highest BCUT2D eigenvalue weighted by molar-refractivity contribution is 5.93. The normalized spacial score (nSPS) is 18.9. The molecule has 1 aromatic carbocycles. The van der Waals surface area contributed by atoms with Gasteiger partial charge < -0.3 is 19.7 Å². The Morgan fingerprint density at radius 3 is 2.81 bits per heavy atom. The van der Waals surface area contributed by atoms with E-state index in [9.17, 15) is 4.79 Å². The van der Waals surface area contributed by atoms with E-state index in [0.29, 0.717) is 42.2 Å². The maximum absolute atomic E-state index is 12.9. The van der Waals surface area contributed by atoms with Crippen LogP contribution in [0.2, 0.25) is 0 Å². The molecule has 142 valence electrons. The van der Waals surface area contributed by atoms with Crippen molar-refractivity contribution < 1.29 is 14.3 Å². The summed E-state index contributed by atoms with van der Waals surface area (Å²) in [6.45, 7) is 6.65. The highest BCUT2D eigenvalue weighted by Gasteiger charge is 2.23. The Bertz CT molecular complexity index is 855. The summed E-state index contributed by atoms with van der Waals surface area (Å²) in [5, 5.41) is 3.24. The zero-order valence-corrected chi connectivity index (χ0v) is 15.7. The predicted octanol–water partition coefficient (Wildman–Crippen LogP) is 3.17. The fraction of sp³-hybridized carbons (Fsp3) is 0.450. The number of anilines is 2. The van der Waals surface area contributed by atoms with Crippen LogP contribution in [-0.4, -0.2) is 47.1 Å². The Kier molecular flexibility index (Phi) is 4.83. The molecular formula is C20H24N4O3. The molecule has 4 rings (SSSR count). The van der Waals surface area contributed by atoms with E-state index in [4.69, 9.17) is 9.47 Å². The molecule has 1 fully saturated rings. The molecule has 2 aromatic rings. The van der Waals surface area contributed by atoms with Crippen LogP contribution in [0.15, 0.2) is 24.3 Å². The lowest BCUT2D eigenvalue weighted by Crippen LogP contribution is -2.39. The highest BCUT2D eigenvalue weighted by atomic mass is 16.6. The lowest BCUT2D eigenvalue weighted by atomic mass is 10.00. The maximum atomic E-state index is 12.9. The summed E-state index contributed by atoms with van der Waals surface area (Å²) < 4.78 is 11.2. The summed E-state index contributed by atoms with van der Waals surface area (Å²) >= 11 is 0. The van der Waals surface area contributed by atoms with Gasteiger partial charge in [0.05, 0.1) is 0 Å². The van der Waals surface area contributed by atoms with Gasteiger partial charge in [0.1, 0.15) is 30.5 Å². The first-order valence-electron chi connectivity index (χ1n) is 9.40. The Hall–Kier alpha value is -2.83. The molecule has 0 aliphatic carbocycles. The van der Waals surface area contributed by atoms with Crippen LogP contribution in [0, 0.1) is 12.8 Å². The number of fused-ring (bicyclic) bond motifs is 1.